The van der Waals surface area contributed by atoms with Crippen molar-refractivity contribution in [1.29, 1.82) is 0 Å². The number of nitrogens with one attached hydrogen (secondary N) is 1. The van der Waals surface area contributed by atoms with Crippen LogP contribution in [0.1, 0.15) is 23.4 Å². The number of halogens is 1. The van der Waals surface area contributed by atoms with E-state index in [9.17, 15) is 14.0 Å². The van der Waals surface area contributed by atoms with Gasteiger partial charge in [-0.2, -0.15) is 0 Å². The molecule has 1 atom stereocenters. The lowest BCUT2D eigenvalue weighted by Crippen LogP contribution is -2.46. The number of benzene rings is 1. The van der Waals surface area contributed by atoms with Gasteiger partial charge < -0.3 is 20.7 Å². The lowest BCUT2D eigenvalue weighted by Gasteiger charge is -2.32. The van der Waals surface area contributed by atoms with E-state index >= 15 is 0 Å². The van der Waals surface area contributed by atoms with Gasteiger partial charge in [0.05, 0.1) is 24.8 Å². The van der Waals surface area contributed by atoms with E-state index in [-0.39, 0.29) is 30.9 Å². The minimum atomic E-state index is -0.615. The Morgan fingerprint density at radius 1 is 1.33 bits per heavy atom. The fourth-order valence-corrected chi connectivity index (χ4v) is 4.11. The standard InChI is InChI=1S/C21H27FN4O3S/c22-7-9-29-13-20(27)26-8-1-2-17(12-26)21(28)24-11-19-25-18(14-30-19)16-5-3-15(10-23)4-6-16/h3-6,14,17H,1-2,7-13,23H2,(H,24,28)/t17-/m0/s1. The molecule has 1 aromatic carbocycles. The molecule has 0 unspecified atom stereocenters. The highest BCUT2D eigenvalue weighted by atomic mass is 32.1. The largest absolute Gasteiger partial charge is 0.369 e. The summed E-state index contributed by atoms with van der Waals surface area (Å²) in [7, 11) is 0. The molecule has 0 bridgehead atoms. The highest BCUT2D eigenvalue weighted by molar-refractivity contribution is 7.09. The van der Waals surface area contributed by atoms with Crippen molar-refractivity contribution in [3.05, 3.63) is 40.2 Å². The molecule has 0 aliphatic carbocycles. The second-order valence-corrected chi connectivity index (χ2v) is 8.11. The molecule has 7 nitrogen and oxygen atoms in total. The van der Waals surface area contributed by atoms with Crippen molar-refractivity contribution in [3.63, 3.8) is 0 Å². The average molecular weight is 435 g/mol. The molecule has 1 aliphatic heterocycles. The summed E-state index contributed by atoms with van der Waals surface area (Å²) in [6.45, 7) is 0.969. The van der Waals surface area contributed by atoms with Gasteiger partial charge in [-0.1, -0.05) is 24.3 Å². The maximum Gasteiger partial charge on any atom is 0.248 e. The smallest absolute Gasteiger partial charge is 0.248 e. The van der Waals surface area contributed by atoms with Crippen LogP contribution in [0, 0.1) is 5.92 Å². The SMILES string of the molecule is NCc1ccc(-c2csc(CNC(=O)[C@H]3CCCN(C(=O)COCCF)C3)n2)cc1. The normalized spacial score (nSPS) is 16.5. The number of hydrogen-bond donors (Lipinski definition) is 2. The lowest BCUT2D eigenvalue weighted by molar-refractivity contribution is -0.139. The van der Waals surface area contributed by atoms with E-state index in [0.29, 0.717) is 26.2 Å². The summed E-state index contributed by atoms with van der Waals surface area (Å²) in [4.78, 5) is 30.9. The Labute approximate surface area is 179 Å². The van der Waals surface area contributed by atoms with Gasteiger partial charge in [-0.15, -0.1) is 11.3 Å². The number of nitrogens with zero attached hydrogens (tertiary/aromatic N) is 2. The third kappa shape index (κ3) is 6.07. The second kappa shape index (κ2) is 11.1. The van der Waals surface area contributed by atoms with Crippen LogP contribution in [0.4, 0.5) is 4.39 Å². The van der Waals surface area contributed by atoms with Crippen molar-refractivity contribution in [3.8, 4) is 11.3 Å². The molecule has 0 radical (unpaired) electrons. The van der Waals surface area contributed by atoms with Crippen LogP contribution >= 0.6 is 11.3 Å². The van der Waals surface area contributed by atoms with E-state index in [4.69, 9.17) is 10.5 Å². The first kappa shape index (κ1) is 22.3. The fraction of sp³-hybridized carbons (Fsp3) is 0.476. The number of aromatic nitrogens is 1. The van der Waals surface area contributed by atoms with Crippen molar-refractivity contribution < 1.29 is 18.7 Å². The van der Waals surface area contributed by atoms with Gasteiger partial charge in [0.25, 0.3) is 0 Å². The molecule has 3 rings (SSSR count). The van der Waals surface area contributed by atoms with Crippen molar-refractivity contribution in [2.24, 2.45) is 11.7 Å². The Morgan fingerprint density at radius 3 is 2.87 bits per heavy atom. The van der Waals surface area contributed by atoms with E-state index in [0.717, 1.165) is 34.7 Å². The Bertz CT molecular complexity index is 843. The number of ether oxygens (including phenoxy) is 1. The molecule has 30 heavy (non-hydrogen) atoms. The number of hydrogen-bond acceptors (Lipinski definition) is 6. The van der Waals surface area contributed by atoms with Crippen molar-refractivity contribution in [2.45, 2.75) is 25.9 Å². The number of rotatable bonds is 9. The first-order chi connectivity index (χ1) is 14.6. The van der Waals surface area contributed by atoms with Crippen molar-refractivity contribution in [2.75, 3.05) is 33.0 Å². The fourth-order valence-electron chi connectivity index (χ4n) is 3.37. The number of nitrogens with two attached hydrogens (primary N) is 1. The zero-order valence-corrected chi connectivity index (χ0v) is 17.6. The van der Waals surface area contributed by atoms with Gasteiger partial charge in [0, 0.05) is 30.6 Å². The van der Waals surface area contributed by atoms with Gasteiger partial charge in [-0.3, -0.25) is 9.59 Å². The van der Waals surface area contributed by atoms with Gasteiger partial charge in [-0.05, 0) is 18.4 Å². The van der Waals surface area contributed by atoms with Gasteiger partial charge >= 0.3 is 0 Å². The summed E-state index contributed by atoms with van der Waals surface area (Å²) in [5.74, 6) is -0.542. The molecule has 2 aromatic rings. The first-order valence-corrected chi connectivity index (χ1v) is 10.9. The van der Waals surface area contributed by atoms with Crippen LogP contribution in [0.2, 0.25) is 0 Å². The summed E-state index contributed by atoms with van der Waals surface area (Å²) < 4.78 is 17.1. The monoisotopic (exact) mass is 434 g/mol. The topological polar surface area (TPSA) is 97.6 Å². The summed E-state index contributed by atoms with van der Waals surface area (Å²) >= 11 is 1.50. The summed E-state index contributed by atoms with van der Waals surface area (Å²) in [6.07, 6.45) is 1.49. The molecule has 1 saturated heterocycles. The molecule has 0 saturated carbocycles. The van der Waals surface area contributed by atoms with E-state index in [1.165, 1.54) is 11.3 Å². The van der Waals surface area contributed by atoms with Gasteiger partial charge in [-0.25, -0.2) is 9.37 Å². The predicted octanol–water partition coefficient (Wildman–Crippen LogP) is 2.11. The minimum Gasteiger partial charge on any atom is -0.369 e. The van der Waals surface area contributed by atoms with Crippen LogP contribution in [0.25, 0.3) is 11.3 Å². The Hall–Kier alpha value is -2.36. The molecule has 1 aromatic heterocycles. The summed E-state index contributed by atoms with van der Waals surface area (Å²) in [5.41, 5.74) is 8.58. The van der Waals surface area contributed by atoms with Gasteiger partial charge in [0.2, 0.25) is 11.8 Å². The van der Waals surface area contributed by atoms with Gasteiger partial charge in [0.1, 0.15) is 18.3 Å². The molecule has 162 valence electrons. The molecular formula is C21H27FN4O3S. The van der Waals surface area contributed by atoms with Crippen LogP contribution in [0.15, 0.2) is 29.6 Å². The minimum absolute atomic E-state index is 0.0822. The van der Waals surface area contributed by atoms with Crippen molar-refractivity contribution in [1.82, 2.24) is 15.2 Å². The van der Waals surface area contributed by atoms with E-state index in [2.05, 4.69) is 10.3 Å². The molecule has 1 fully saturated rings. The molecular weight excluding hydrogens is 407 g/mol. The molecule has 2 heterocycles. The predicted molar refractivity (Wildman–Crippen MR) is 113 cm³/mol. The number of alkyl halides is 1. The number of thiazole rings is 1. The lowest BCUT2D eigenvalue weighted by atomic mass is 9.97. The molecule has 3 N–H and O–H groups in total. The highest BCUT2D eigenvalue weighted by Crippen LogP contribution is 2.23. The molecule has 2 amide bonds. The number of carbonyl (C=O) groups excluding carboxylic acids is 2. The quantitative estimate of drug-likeness (QED) is 0.589. The van der Waals surface area contributed by atoms with Crippen LogP contribution in [0.3, 0.4) is 0 Å². The van der Waals surface area contributed by atoms with E-state index in [1.807, 2.05) is 29.6 Å². The maximum atomic E-state index is 12.6. The van der Waals surface area contributed by atoms with Crippen LogP contribution < -0.4 is 11.1 Å². The third-order valence-corrected chi connectivity index (χ3v) is 5.89. The molecule has 0 spiro atoms. The Morgan fingerprint density at radius 2 is 2.13 bits per heavy atom. The number of amides is 2. The van der Waals surface area contributed by atoms with Crippen LogP contribution in [-0.2, 0) is 27.4 Å². The zero-order valence-electron chi connectivity index (χ0n) is 16.8. The number of likely N-dealkylation sites (tertiary alicyclic amines) is 1. The Balaban J connectivity index is 1.49. The third-order valence-electron chi connectivity index (χ3n) is 5.04. The van der Waals surface area contributed by atoms with Crippen LogP contribution in [-0.4, -0.2) is 54.7 Å². The summed E-state index contributed by atoms with van der Waals surface area (Å²) in [5, 5.41) is 5.73. The van der Waals surface area contributed by atoms with Crippen molar-refractivity contribution >= 4 is 23.2 Å². The first-order valence-electron chi connectivity index (χ1n) is 10.0. The van der Waals surface area contributed by atoms with E-state index in [1.54, 1.807) is 4.90 Å². The van der Waals surface area contributed by atoms with Gasteiger partial charge in [0.15, 0.2) is 0 Å². The Kier molecular flexibility index (Phi) is 8.30. The summed E-state index contributed by atoms with van der Waals surface area (Å²) in [6, 6.07) is 7.94. The molecule has 1 aliphatic rings. The zero-order chi connectivity index (χ0) is 21.3. The second-order valence-electron chi connectivity index (χ2n) is 7.17. The highest BCUT2D eigenvalue weighted by Gasteiger charge is 2.28. The number of carbonyl (C=O) groups is 2. The number of piperidine rings is 1. The van der Waals surface area contributed by atoms with Crippen LogP contribution in [0.5, 0.6) is 0 Å². The average Bonchev–Trinajstić information content (AvgIpc) is 3.27. The maximum absolute atomic E-state index is 12.6. The molecule has 9 heteroatoms. The van der Waals surface area contributed by atoms with E-state index < -0.39 is 6.67 Å².